The number of nitrogens with zero attached hydrogens (tertiary/aromatic N) is 2. The van der Waals surface area contributed by atoms with Gasteiger partial charge >= 0.3 is 5.69 Å². The summed E-state index contributed by atoms with van der Waals surface area (Å²) in [4.78, 5) is 25.0. The van der Waals surface area contributed by atoms with Crippen LogP contribution in [-0.4, -0.2) is 14.5 Å². The van der Waals surface area contributed by atoms with E-state index < -0.39 is 4.92 Å². The van der Waals surface area contributed by atoms with E-state index in [0.29, 0.717) is 17.6 Å². The first kappa shape index (κ1) is 15.5. The van der Waals surface area contributed by atoms with Crippen LogP contribution in [0.1, 0.15) is 19.4 Å². The van der Waals surface area contributed by atoms with E-state index in [9.17, 15) is 14.9 Å². The minimum atomic E-state index is -0.468. The van der Waals surface area contributed by atoms with E-state index in [0.717, 1.165) is 5.56 Å². The topological polar surface area (TPSA) is 80.9 Å². The van der Waals surface area contributed by atoms with Gasteiger partial charge in [-0.3, -0.25) is 14.7 Å². The number of H-pyrrole nitrogens is 1. The van der Waals surface area contributed by atoms with Crippen LogP contribution < -0.4 is 5.69 Å². The first-order chi connectivity index (χ1) is 10.6. The van der Waals surface area contributed by atoms with Crippen LogP contribution in [0.5, 0.6) is 0 Å². The number of aromatic nitrogens is 2. The van der Waals surface area contributed by atoms with Gasteiger partial charge in [-0.2, -0.15) is 0 Å². The Bertz CT molecular complexity index is 835. The number of hydrogen-bond donors (Lipinski definition) is 1. The zero-order chi connectivity index (χ0) is 16.1. The van der Waals surface area contributed by atoms with Crippen molar-refractivity contribution < 1.29 is 4.92 Å². The summed E-state index contributed by atoms with van der Waals surface area (Å²) in [6, 6.07) is 13.8. The van der Waals surface area contributed by atoms with Crippen molar-refractivity contribution in [3.05, 3.63) is 74.7 Å². The molecule has 1 N–H and O–H groups in total. The Morgan fingerprint density at radius 3 is 2.45 bits per heavy atom. The third-order valence-corrected chi connectivity index (χ3v) is 3.15. The van der Waals surface area contributed by atoms with Gasteiger partial charge in [-0.05, 0) is 11.6 Å². The number of benzene rings is 2. The molecule has 0 bridgehead atoms. The molecule has 0 saturated carbocycles. The highest BCUT2D eigenvalue weighted by Crippen LogP contribution is 2.19. The molecule has 3 rings (SSSR count). The number of hydrogen-bond acceptors (Lipinski definition) is 3. The molecule has 1 heterocycles. The van der Waals surface area contributed by atoms with Gasteiger partial charge in [-0.15, -0.1) is 0 Å². The van der Waals surface area contributed by atoms with E-state index in [1.54, 1.807) is 6.07 Å². The highest BCUT2D eigenvalue weighted by Gasteiger charge is 2.12. The van der Waals surface area contributed by atoms with Gasteiger partial charge in [-0.25, -0.2) is 4.79 Å². The quantitative estimate of drug-likeness (QED) is 0.595. The van der Waals surface area contributed by atoms with Crippen LogP contribution >= 0.6 is 0 Å². The predicted octanol–water partition coefficient (Wildman–Crippen LogP) is 3.31. The van der Waals surface area contributed by atoms with Crippen LogP contribution in [0.15, 0.2) is 53.3 Å². The zero-order valence-electron chi connectivity index (χ0n) is 12.4. The molecule has 6 heteroatoms. The summed E-state index contributed by atoms with van der Waals surface area (Å²) in [7, 11) is 0. The van der Waals surface area contributed by atoms with Crippen molar-refractivity contribution in [1.82, 2.24) is 9.55 Å². The maximum absolute atomic E-state index is 12.0. The van der Waals surface area contributed by atoms with Gasteiger partial charge in [0.15, 0.2) is 0 Å². The summed E-state index contributed by atoms with van der Waals surface area (Å²) < 4.78 is 1.50. The fourth-order valence-electron chi connectivity index (χ4n) is 2.18. The monoisotopic (exact) mass is 299 g/mol. The SMILES string of the molecule is CC.O=c1[nH]c2ccc([N+](=O)[O-])cc2n1Cc1ccccc1. The summed E-state index contributed by atoms with van der Waals surface area (Å²) in [6.45, 7) is 4.38. The molecule has 0 aliphatic rings. The van der Waals surface area contributed by atoms with Crippen molar-refractivity contribution in [2.75, 3.05) is 0 Å². The molecule has 0 aliphatic carbocycles. The third-order valence-electron chi connectivity index (χ3n) is 3.15. The van der Waals surface area contributed by atoms with Crippen LogP contribution in [0.3, 0.4) is 0 Å². The summed E-state index contributed by atoms with van der Waals surface area (Å²) in [5, 5.41) is 10.8. The molecule has 114 valence electrons. The molecule has 1 aromatic heterocycles. The van der Waals surface area contributed by atoms with E-state index in [-0.39, 0.29) is 11.4 Å². The van der Waals surface area contributed by atoms with Crippen molar-refractivity contribution >= 4 is 16.7 Å². The Balaban J connectivity index is 0.000000847. The molecule has 0 aliphatic heterocycles. The van der Waals surface area contributed by atoms with E-state index in [1.807, 2.05) is 44.2 Å². The number of aromatic amines is 1. The summed E-state index contributed by atoms with van der Waals surface area (Å²) in [5.74, 6) is 0. The Labute approximate surface area is 127 Å². The van der Waals surface area contributed by atoms with Crippen LogP contribution in [0, 0.1) is 10.1 Å². The van der Waals surface area contributed by atoms with Gasteiger partial charge < -0.3 is 4.98 Å². The smallest absolute Gasteiger partial charge is 0.306 e. The highest BCUT2D eigenvalue weighted by molar-refractivity contribution is 5.78. The lowest BCUT2D eigenvalue weighted by molar-refractivity contribution is -0.384. The minimum absolute atomic E-state index is 0.0293. The van der Waals surface area contributed by atoms with E-state index >= 15 is 0 Å². The van der Waals surface area contributed by atoms with Crippen LogP contribution in [0.2, 0.25) is 0 Å². The highest BCUT2D eigenvalue weighted by atomic mass is 16.6. The van der Waals surface area contributed by atoms with Gasteiger partial charge in [0.05, 0.1) is 22.5 Å². The molecule has 0 atom stereocenters. The Morgan fingerprint density at radius 2 is 1.82 bits per heavy atom. The standard InChI is InChI=1S/C14H11N3O3.C2H6/c18-14-15-12-7-6-11(17(19)20)8-13(12)16(14)9-10-4-2-1-3-5-10;1-2/h1-8H,9H2,(H,15,18);1-2H3. The van der Waals surface area contributed by atoms with Crippen molar-refractivity contribution in [2.24, 2.45) is 0 Å². The number of rotatable bonds is 3. The molecular weight excluding hydrogens is 282 g/mol. The molecule has 0 radical (unpaired) electrons. The van der Waals surface area contributed by atoms with E-state index in [1.165, 1.54) is 16.7 Å². The van der Waals surface area contributed by atoms with Crippen molar-refractivity contribution in [3.8, 4) is 0 Å². The lowest BCUT2D eigenvalue weighted by Gasteiger charge is -2.03. The van der Waals surface area contributed by atoms with Gasteiger partial charge in [0, 0.05) is 12.1 Å². The number of imidazole rings is 1. The fourth-order valence-corrected chi connectivity index (χ4v) is 2.18. The first-order valence-electron chi connectivity index (χ1n) is 7.06. The van der Waals surface area contributed by atoms with Gasteiger partial charge in [0.1, 0.15) is 0 Å². The van der Waals surface area contributed by atoms with Crippen LogP contribution in [0.25, 0.3) is 11.0 Å². The number of nitro benzene ring substituents is 1. The van der Waals surface area contributed by atoms with Gasteiger partial charge in [0.25, 0.3) is 5.69 Å². The third kappa shape index (κ3) is 3.06. The number of nitrogens with one attached hydrogen (secondary N) is 1. The minimum Gasteiger partial charge on any atom is -0.306 e. The molecule has 6 nitrogen and oxygen atoms in total. The Kier molecular flexibility index (Phi) is 4.73. The van der Waals surface area contributed by atoms with Crippen molar-refractivity contribution in [1.29, 1.82) is 0 Å². The van der Waals surface area contributed by atoms with Crippen LogP contribution in [0.4, 0.5) is 5.69 Å². The Morgan fingerprint density at radius 1 is 1.14 bits per heavy atom. The van der Waals surface area contributed by atoms with E-state index in [2.05, 4.69) is 4.98 Å². The van der Waals surface area contributed by atoms with Gasteiger partial charge in [0.2, 0.25) is 0 Å². The second-order valence-corrected chi connectivity index (χ2v) is 4.46. The van der Waals surface area contributed by atoms with Crippen molar-refractivity contribution in [2.45, 2.75) is 20.4 Å². The second kappa shape index (κ2) is 6.71. The summed E-state index contributed by atoms with van der Waals surface area (Å²) in [5.41, 5.74) is 1.79. The second-order valence-electron chi connectivity index (χ2n) is 4.46. The maximum Gasteiger partial charge on any atom is 0.326 e. The van der Waals surface area contributed by atoms with Crippen molar-refractivity contribution in [3.63, 3.8) is 0 Å². The fraction of sp³-hybridized carbons (Fsp3) is 0.188. The maximum atomic E-state index is 12.0. The van der Waals surface area contributed by atoms with E-state index in [4.69, 9.17) is 0 Å². The molecule has 0 unspecified atom stereocenters. The number of nitro groups is 1. The number of non-ortho nitro benzene ring substituents is 1. The lowest BCUT2D eigenvalue weighted by Crippen LogP contribution is -2.17. The lowest BCUT2D eigenvalue weighted by atomic mass is 10.2. The summed E-state index contributed by atoms with van der Waals surface area (Å²) >= 11 is 0. The first-order valence-corrected chi connectivity index (χ1v) is 7.06. The van der Waals surface area contributed by atoms with Crippen LogP contribution in [-0.2, 0) is 6.54 Å². The molecule has 2 aromatic carbocycles. The zero-order valence-corrected chi connectivity index (χ0v) is 12.4. The molecule has 0 saturated heterocycles. The number of fused-ring (bicyclic) bond motifs is 1. The molecular formula is C16H17N3O3. The summed E-state index contributed by atoms with van der Waals surface area (Å²) in [6.07, 6.45) is 0. The normalized spacial score (nSPS) is 10.1. The average Bonchev–Trinajstić information content (AvgIpc) is 2.85. The Hall–Kier alpha value is -2.89. The molecule has 22 heavy (non-hydrogen) atoms. The predicted molar refractivity (Wildman–Crippen MR) is 86.1 cm³/mol. The molecule has 3 aromatic rings. The van der Waals surface area contributed by atoms with Gasteiger partial charge in [-0.1, -0.05) is 44.2 Å². The largest absolute Gasteiger partial charge is 0.326 e. The average molecular weight is 299 g/mol. The molecule has 0 fully saturated rings. The molecule has 0 amide bonds. The molecule has 0 spiro atoms.